The molecule has 1 fully saturated rings. The van der Waals surface area contributed by atoms with Crippen LogP contribution in [0.2, 0.25) is 0 Å². The van der Waals surface area contributed by atoms with E-state index in [0.717, 1.165) is 0 Å². The Kier molecular flexibility index (Phi) is 2.91. The minimum Gasteiger partial charge on any atom is -0.467 e. The summed E-state index contributed by atoms with van der Waals surface area (Å²) in [5.41, 5.74) is 0.143. The molecule has 0 aromatic heterocycles. The quantitative estimate of drug-likeness (QED) is 0.815. The molecular formula is C13H15FO3. The van der Waals surface area contributed by atoms with E-state index in [9.17, 15) is 14.3 Å². The van der Waals surface area contributed by atoms with E-state index in [-0.39, 0.29) is 5.82 Å². The van der Waals surface area contributed by atoms with Gasteiger partial charge in [-0.3, -0.25) is 0 Å². The van der Waals surface area contributed by atoms with Gasteiger partial charge in [-0.2, -0.15) is 0 Å². The van der Waals surface area contributed by atoms with E-state index in [0.29, 0.717) is 24.0 Å². The third kappa shape index (κ3) is 1.82. The molecule has 1 N–H and O–H groups in total. The third-order valence-electron chi connectivity index (χ3n) is 3.46. The molecule has 3 nitrogen and oxygen atoms in total. The summed E-state index contributed by atoms with van der Waals surface area (Å²) < 4.78 is 18.5. The number of benzene rings is 1. The Hall–Kier alpha value is -1.42. The molecule has 1 aliphatic rings. The van der Waals surface area contributed by atoms with Crippen molar-refractivity contribution in [3.8, 4) is 0 Å². The summed E-state index contributed by atoms with van der Waals surface area (Å²) in [6.45, 7) is 1.67. The molecule has 0 radical (unpaired) electrons. The predicted octanol–water partition coefficient (Wildman–Crippen LogP) is 1.70. The molecule has 1 atom stereocenters. The number of ether oxygens (including phenoxy) is 1. The topological polar surface area (TPSA) is 46.5 Å². The average Bonchev–Trinajstić information content (AvgIpc) is 3.12. The molecule has 1 unspecified atom stereocenters. The van der Waals surface area contributed by atoms with Gasteiger partial charge in [-0.15, -0.1) is 0 Å². The minimum atomic E-state index is -1.29. The second kappa shape index (κ2) is 4.11. The molecule has 0 bridgehead atoms. The van der Waals surface area contributed by atoms with Crippen LogP contribution in [0.25, 0.3) is 0 Å². The lowest BCUT2D eigenvalue weighted by Gasteiger charge is -2.21. The standard InChI is InChI=1S/C13H15FO3/c1-8-4-3-5-9(10(8)14)13(6-7-13)11(15)12(16)17-2/h3-5,11,15H,6-7H2,1-2H3. The second-order valence-electron chi connectivity index (χ2n) is 4.52. The van der Waals surface area contributed by atoms with Crippen LogP contribution in [0.15, 0.2) is 18.2 Å². The molecule has 0 saturated heterocycles. The monoisotopic (exact) mass is 238 g/mol. The lowest BCUT2D eigenvalue weighted by atomic mass is 9.88. The van der Waals surface area contributed by atoms with Gasteiger partial charge in [0.15, 0.2) is 6.10 Å². The number of methoxy groups -OCH3 is 1. The van der Waals surface area contributed by atoms with Gasteiger partial charge in [-0.05, 0) is 30.9 Å². The zero-order valence-electron chi connectivity index (χ0n) is 9.87. The Bertz CT molecular complexity index is 452. The molecule has 92 valence electrons. The highest BCUT2D eigenvalue weighted by Crippen LogP contribution is 2.52. The summed E-state index contributed by atoms with van der Waals surface area (Å²) in [7, 11) is 1.22. The molecule has 1 saturated carbocycles. The van der Waals surface area contributed by atoms with Crippen LogP contribution in [0, 0.1) is 12.7 Å². The van der Waals surface area contributed by atoms with Crippen LogP contribution in [0.3, 0.4) is 0 Å². The number of esters is 1. The van der Waals surface area contributed by atoms with E-state index in [1.54, 1.807) is 25.1 Å². The number of aliphatic hydroxyl groups is 1. The van der Waals surface area contributed by atoms with E-state index in [1.807, 2.05) is 0 Å². The Labute approximate surface area is 99.2 Å². The molecule has 0 aliphatic heterocycles. The van der Waals surface area contributed by atoms with Crippen molar-refractivity contribution >= 4 is 5.97 Å². The number of aryl methyl sites for hydroxylation is 1. The lowest BCUT2D eigenvalue weighted by Crippen LogP contribution is -2.35. The smallest absolute Gasteiger partial charge is 0.335 e. The van der Waals surface area contributed by atoms with E-state index in [4.69, 9.17) is 0 Å². The number of carbonyl (C=O) groups is 1. The largest absolute Gasteiger partial charge is 0.467 e. The predicted molar refractivity (Wildman–Crippen MR) is 60.1 cm³/mol. The van der Waals surface area contributed by atoms with Crippen molar-refractivity contribution in [3.05, 3.63) is 35.1 Å². The molecule has 1 aromatic carbocycles. The van der Waals surface area contributed by atoms with Crippen molar-refractivity contribution in [2.45, 2.75) is 31.3 Å². The lowest BCUT2D eigenvalue weighted by molar-refractivity contribution is -0.152. The summed E-state index contributed by atoms with van der Waals surface area (Å²) >= 11 is 0. The molecular weight excluding hydrogens is 223 g/mol. The number of hydrogen-bond donors (Lipinski definition) is 1. The van der Waals surface area contributed by atoms with Gasteiger partial charge in [-0.1, -0.05) is 18.2 Å². The van der Waals surface area contributed by atoms with Gasteiger partial charge in [-0.25, -0.2) is 9.18 Å². The zero-order chi connectivity index (χ0) is 12.6. The fourth-order valence-corrected chi connectivity index (χ4v) is 2.19. The van der Waals surface area contributed by atoms with Crippen LogP contribution in [0.4, 0.5) is 4.39 Å². The van der Waals surface area contributed by atoms with Gasteiger partial charge in [0, 0.05) is 5.41 Å². The van der Waals surface area contributed by atoms with E-state index in [1.165, 1.54) is 7.11 Å². The van der Waals surface area contributed by atoms with Crippen molar-refractivity contribution in [3.63, 3.8) is 0 Å². The van der Waals surface area contributed by atoms with Crippen LogP contribution < -0.4 is 0 Å². The van der Waals surface area contributed by atoms with E-state index < -0.39 is 17.5 Å². The molecule has 0 spiro atoms. The first-order valence-electron chi connectivity index (χ1n) is 5.54. The highest BCUT2D eigenvalue weighted by Gasteiger charge is 2.55. The summed E-state index contributed by atoms with van der Waals surface area (Å²) in [5.74, 6) is -1.05. The van der Waals surface area contributed by atoms with Crippen LogP contribution in [-0.2, 0) is 14.9 Å². The summed E-state index contributed by atoms with van der Waals surface area (Å²) in [6, 6.07) is 5.03. The average molecular weight is 238 g/mol. The molecule has 0 amide bonds. The van der Waals surface area contributed by atoms with Gasteiger partial charge < -0.3 is 9.84 Å². The summed E-state index contributed by atoms with van der Waals surface area (Å²) in [4.78, 5) is 11.4. The van der Waals surface area contributed by atoms with Gasteiger partial charge in [0.25, 0.3) is 0 Å². The first-order chi connectivity index (χ1) is 8.03. The van der Waals surface area contributed by atoms with Crippen molar-refractivity contribution in [2.75, 3.05) is 7.11 Å². The number of carbonyl (C=O) groups excluding carboxylic acids is 1. The van der Waals surface area contributed by atoms with Crippen molar-refractivity contribution in [1.82, 2.24) is 0 Å². The van der Waals surface area contributed by atoms with Crippen LogP contribution in [-0.4, -0.2) is 24.3 Å². The molecule has 2 rings (SSSR count). The number of rotatable bonds is 3. The first-order valence-corrected chi connectivity index (χ1v) is 5.54. The zero-order valence-corrected chi connectivity index (χ0v) is 9.87. The van der Waals surface area contributed by atoms with Crippen molar-refractivity contribution in [1.29, 1.82) is 0 Å². The number of hydrogen-bond acceptors (Lipinski definition) is 3. The second-order valence-corrected chi connectivity index (χ2v) is 4.52. The fraction of sp³-hybridized carbons (Fsp3) is 0.462. The van der Waals surface area contributed by atoms with E-state index >= 15 is 0 Å². The van der Waals surface area contributed by atoms with Crippen molar-refractivity contribution < 1.29 is 19.0 Å². The highest BCUT2D eigenvalue weighted by atomic mass is 19.1. The SMILES string of the molecule is COC(=O)C(O)C1(c2cccc(C)c2F)CC1. The van der Waals surface area contributed by atoms with Crippen LogP contribution in [0.5, 0.6) is 0 Å². The van der Waals surface area contributed by atoms with Gasteiger partial charge in [0.1, 0.15) is 5.82 Å². The maximum atomic E-state index is 14.0. The maximum Gasteiger partial charge on any atom is 0.335 e. The van der Waals surface area contributed by atoms with Crippen LogP contribution >= 0.6 is 0 Å². The Morgan fingerprint density at radius 2 is 2.18 bits per heavy atom. The normalized spacial score (nSPS) is 18.6. The molecule has 1 aromatic rings. The van der Waals surface area contributed by atoms with Crippen LogP contribution in [0.1, 0.15) is 24.0 Å². The number of aliphatic hydroxyl groups excluding tert-OH is 1. The summed E-state index contributed by atoms with van der Waals surface area (Å²) in [5, 5.41) is 9.94. The van der Waals surface area contributed by atoms with E-state index in [2.05, 4.69) is 4.74 Å². The minimum absolute atomic E-state index is 0.340. The maximum absolute atomic E-state index is 14.0. The summed E-state index contributed by atoms with van der Waals surface area (Å²) in [6.07, 6.45) is -0.0865. The van der Waals surface area contributed by atoms with Gasteiger partial charge >= 0.3 is 5.97 Å². The van der Waals surface area contributed by atoms with Gasteiger partial charge in [0.05, 0.1) is 7.11 Å². The van der Waals surface area contributed by atoms with Gasteiger partial charge in [0.2, 0.25) is 0 Å². The molecule has 17 heavy (non-hydrogen) atoms. The first kappa shape index (κ1) is 12.0. The molecule has 0 heterocycles. The highest BCUT2D eigenvalue weighted by molar-refractivity contribution is 5.77. The Morgan fingerprint density at radius 3 is 2.71 bits per heavy atom. The fourth-order valence-electron chi connectivity index (χ4n) is 2.19. The molecule has 4 heteroatoms. The Morgan fingerprint density at radius 1 is 1.53 bits per heavy atom. The molecule has 1 aliphatic carbocycles. The Balaban J connectivity index is 2.39. The third-order valence-corrected chi connectivity index (χ3v) is 3.46. The number of halogens is 1. The van der Waals surface area contributed by atoms with Crippen molar-refractivity contribution in [2.24, 2.45) is 0 Å².